The van der Waals surface area contributed by atoms with Crippen LogP contribution in [0.3, 0.4) is 0 Å². The lowest BCUT2D eigenvalue weighted by Crippen LogP contribution is -2.02. The molecule has 1 aromatic heterocycles. The zero-order valence-electron chi connectivity index (χ0n) is 7.62. The maximum Gasteiger partial charge on any atom is 0.150 e. The van der Waals surface area contributed by atoms with Gasteiger partial charge in [-0.3, -0.25) is 0 Å². The van der Waals surface area contributed by atoms with Gasteiger partial charge in [0.2, 0.25) is 0 Å². The molecular weight excluding hydrogens is 282 g/mol. The smallest absolute Gasteiger partial charge is 0.150 e. The second-order valence-electron chi connectivity index (χ2n) is 2.96. The normalized spacial score (nSPS) is 10.6. The topological polar surface area (TPSA) is 17.8 Å². The summed E-state index contributed by atoms with van der Waals surface area (Å²) in [7, 11) is 0. The Morgan fingerprint density at radius 2 is 2.20 bits per heavy atom. The molecule has 1 heterocycles. The van der Waals surface area contributed by atoms with Crippen molar-refractivity contribution in [1.82, 2.24) is 9.78 Å². The molecule has 2 aromatic rings. The van der Waals surface area contributed by atoms with Crippen molar-refractivity contribution in [2.75, 3.05) is 0 Å². The van der Waals surface area contributed by atoms with Gasteiger partial charge in [0.05, 0.1) is 5.69 Å². The molecule has 0 atom stereocenters. The van der Waals surface area contributed by atoms with Crippen LogP contribution in [0.5, 0.6) is 0 Å². The Bertz CT molecular complexity index is 484. The Kier molecular flexibility index (Phi) is 3.07. The van der Waals surface area contributed by atoms with Crippen LogP contribution >= 0.6 is 27.5 Å². The second-order valence-corrected chi connectivity index (χ2v) is 3.96. The molecule has 2 nitrogen and oxygen atoms in total. The molecule has 0 radical (unpaired) electrons. The predicted octanol–water partition coefficient (Wildman–Crippen LogP) is 3.56. The fraction of sp³-hybridized carbons (Fsp3) is 0.100. The van der Waals surface area contributed by atoms with Crippen LogP contribution < -0.4 is 0 Å². The number of aromatic nitrogens is 2. The summed E-state index contributed by atoms with van der Waals surface area (Å²) in [5, 5.41) is 5.05. The maximum atomic E-state index is 13.6. The SMILES string of the molecule is Fc1cc(Cl)ccc1-n1nccc1CBr. The summed E-state index contributed by atoms with van der Waals surface area (Å²) in [5.74, 6) is -0.381. The number of halogens is 3. The maximum absolute atomic E-state index is 13.6. The van der Waals surface area contributed by atoms with Crippen molar-refractivity contribution < 1.29 is 4.39 Å². The van der Waals surface area contributed by atoms with Crippen molar-refractivity contribution in [1.29, 1.82) is 0 Å². The van der Waals surface area contributed by atoms with E-state index in [9.17, 15) is 4.39 Å². The third kappa shape index (κ3) is 2.06. The molecule has 0 spiro atoms. The summed E-state index contributed by atoms with van der Waals surface area (Å²) in [6.45, 7) is 0. The van der Waals surface area contributed by atoms with Gasteiger partial charge in [0, 0.05) is 16.5 Å². The van der Waals surface area contributed by atoms with Gasteiger partial charge in [0.25, 0.3) is 0 Å². The van der Waals surface area contributed by atoms with Gasteiger partial charge < -0.3 is 0 Å². The molecule has 0 aliphatic carbocycles. The monoisotopic (exact) mass is 288 g/mol. The molecule has 0 bridgehead atoms. The quantitative estimate of drug-likeness (QED) is 0.773. The van der Waals surface area contributed by atoms with Gasteiger partial charge in [0.1, 0.15) is 11.5 Å². The molecule has 5 heteroatoms. The summed E-state index contributed by atoms with van der Waals surface area (Å²) < 4.78 is 15.1. The predicted molar refractivity (Wildman–Crippen MR) is 61.2 cm³/mol. The highest BCUT2D eigenvalue weighted by Gasteiger charge is 2.08. The first-order valence-corrected chi connectivity index (χ1v) is 5.76. The average Bonchev–Trinajstić information content (AvgIpc) is 2.65. The lowest BCUT2D eigenvalue weighted by Gasteiger charge is -2.06. The van der Waals surface area contributed by atoms with E-state index in [4.69, 9.17) is 11.6 Å². The van der Waals surface area contributed by atoms with Gasteiger partial charge >= 0.3 is 0 Å². The molecule has 0 aliphatic rings. The molecule has 0 saturated carbocycles. The Morgan fingerprint density at radius 3 is 2.87 bits per heavy atom. The molecule has 0 aliphatic heterocycles. The molecule has 78 valence electrons. The highest BCUT2D eigenvalue weighted by molar-refractivity contribution is 9.08. The molecule has 2 rings (SSSR count). The zero-order chi connectivity index (χ0) is 10.8. The highest BCUT2D eigenvalue weighted by Crippen LogP contribution is 2.19. The molecular formula is C10H7BrClFN2. The van der Waals surface area contributed by atoms with E-state index in [1.165, 1.54) is 6.07 Å². The summed E-state index contributed by atoms with van der Waals surface area (Å²) in [6.07, 6.45) is 1.63. The van der Waals surface area contributed by atoms with Gasteiger partial charge in [-0.2, -0.15) is 5.10 Å². The van der Waals surface area contributed by atoms with Crippen LogP contribution in [0.15, 0.2) is 30.5 Å². The minimum Gasteiger partial charge on any atom is -0.234 e. The number of hydrogen-bond acceptors (Lipinski definition) is 1. The van der Waals surface area contributed by atoms with Crippen molar-refractivity contribution in [3.05, 3.63) is 47.0 Å². The number of benzene rings is 1. The summed E-state index contributed by atoms with van der Waals surface area (Å²) in [4.78, 5) is 0. The van der Waals surface area contributed by atoms with Gasteiger partial charge in [-0.1, -0.05) is 27.5 Å². The third-order valence-corrected chi connectivity index (χ3v) is 2.81. The van der Waals surface area contributed by atoms with E-state index in [1.54, 1.807) is 23.0 Å². The van der Waals surface area contributed by atoms with Crippen LogP contribution in [0.1, 0.15) is 5.69 Å². The second kappa shape index (κ2) is 4.33. The lowest BCUT2D eigenvalue weighted by molar-refractivity contribution is 0.608. The zero-order valence-corrected chi connectivity index (χ0v) is 9.96. The fourth-order valence-electron chi connectivity index (χ4n) is 1.30. The Hall–Kier alpha value is -0.870. The molecule has 1 aromatic carbocycles. The van der Waals surface area contributed by atoms with E-state index < -0.39 is 0 Å². The Morgan fingerprint density at radius 1 is 1.40 bits per heavy atom. The molecule has 0 saturated heterocycles. The van der Waals surface area contributed by atoms with Gasteiger partial charge in [-0.15, -0.1) is 0 Å². The van der Waals surface area contributed by atoms with Crippen LogP contribution in [0.4, 0.5) is 4.39 Å². The van der Waals surface area contributed by atoms with Crippen molar-refractivity contribution in [2.45, 2.75) is 5.33 Å². The number of nitrogens with zero attached hydrogens (tertiary/aromatic N) is 2. The first kappa shape index (κ1) is 10.6. The highest BCUT2D eigenvalue weighted by atomic mass is 79.9. The Labute approximate surface area is 99.8 Å². The van der Waals surface area contributed by atoms with Gasteiger partial charge in [-0.25, -0.2) is 9.07 Å². The standard InChI is InChI=1S/C10H7BrClFN2/c11-6-8-3-4-14-15(8)10-2-1-7(12)5-9(10)13/h1-5H,6H2. The molecule has 0 amide bonds. The number of rotatable bonds is 2. The van der Waals surface area contributed by atoms with E-state index in [2.05, 4.69) is 21.0 Å². The van der Waals surface area contributed by atoms with Crippen molar-refractivity contribution in [3.8, 4) is 5.69 Å². The lowest BCUT2D eigenvalue weighted by atomic mass is 10.3. The number of alkyl halides is 1. The van der Waals surface area contributed by atoms with E-state index in [1.807, 2.05) is 6.07 Å². The summed E-state index contributed by atoms with van der Waals surface area (Å²) in [5.41, 5.74) is 1.29. The summed E-state index contributed by atoms with van der Waals surface area (Å²) >= 11 is 8.99. The Balaban J connectivity index is 2.54. The van der Waals surface area contributed by atoms with Crippen molar-refractivity contribution in [2.24, 2.45) is 0 Å². The van der Waals surface area contributed by atoms with E-state index in [-0.39, 0.29) is 5.82 Å². The fourth-order valence-corrected chi connectivity index (χ4v) is 1.89. The first-order chi connectivity index (χ1) is 7.22. The molecule has 0 fully saturated rings. The van der Waals surface area contributed by atoms with Crippen LogP contribution in [0.2, 0.25) is 5.02 Å². The minimum absolute atomic E-state index is 0.379. The van der Waals surface area contributed by atoms with Crippen LogP contribution in [-0.4, -0.2) is 9.78 Å². The van der Waals surface area contributed by atoms with Crippen LogP contribution in [-0.2, 0) is 5.33 Å². The van der Waals surface area contributed by atoms with E-state index >= 15 is 0 Å². The van der Waals surface area contributed by atoms with Crippen LogP contribution in [0.25, 0.3) is 5.69 Å². The van der Waals surface area contributed by atoms with Crippen LogP contribution in [0, 0.1) is 5.82 Å². The minimum atomic E-state index is -0.381. The first-order valence-electron chi connectivity index (χ1n) is 4.26. The average molecular weight is 290 g/mol. The molecule has 0 N–H and O–H groups in total. The van der Waals surface area contributed by atoms with E-state index in [0.717, 1.165) is 5.69 Å². The molecule has 15 heavy (non-hydrogen) atoms. The van der Waals surface area contributed by atoms with E-state index in [0.29, 0.717) is 16.0 Å². The van der Waals surface area contributed by atoms with Crippen molar-refractivity contribution in [3.63, 3.8) is 0 Å². The molecule has 0 unspecified atom stereocenters. The third-order valence-electron chi connectivity index (χ3n) is 2.00. The van der Waals surface area contributed by atoms with Gasteiger partial charge in [0.15, 0.2) is 0 Å². The number of hydrogen-bond donors (Lipinski definition) is 0. The van der Waals surface area contributed by atoms with Gasteiger partial charge in [-0.05, 0) is 24.3 Å². The summed E-state index contributed by atoms with van der Waals surface area (Å²) in [6, 6.07) is 6.34. The van der Waals surface area contributed by atoms with Crippen molar-refractivity contribution >= 4 is 27.5 Å². The largest absolute Gasteiger partial charge is 0.234 e.